The highest BCUT2D eigenvalue weighted by Gasteiger charge is 2.26. The Morgan fingerprint density at radius 2 is 1.74 bits per heavy atom. The van der Waals surface area contributed by atoms with E-state index in [1.54, 1.807) is 0 Å². The van der Waals surface area contributed by atoms with E-state index in [2.05, 4.69) is 4.90 Å². The molecule has 0 aromatic heterocycles. The summed E-state index contributed by atoms with van der Waals surface area (Å²) in [5, 5.41) is 18.1. The highest BCUT2D eigenvalue weighted by molar-refractivity contribution is 5.69. The van der Waals surface area contributed by atoms with Crippen molar-refractivity contribution in [1.29, 1.82) is 0 Å². The maximum absolute atomic E-state index is 11.4. The molecule has 0 amide bonds. The molecule has 0 atom stereocenters. The van der Waals surface area contributed by atoms with Gasteiger partial charge in [0, 0.05) is 25.6 Å². The first kappa shape index (κ1) is 16.4. The molecule has 5 heteroatoms. The molecule has 0 radical (unpaired) electrons. The first-order valence-electron chi connectivity index (χ1n) is 7.32. The Hall–Kier alpha value is -0.650. The minimum atomic E-state index is -0.0893. The average Bonchev–Trinajstić information content (AvgIpc) is 2.40. The quantitative estimate of drug-likeness (QED) is 0.640. The number of esters is 1. The van der Waals surface area contributed by atoms with Crippen LogP contribution in [0.25, 0.3) is 0 Å². The Balaban J connectivity index is 2.32. The molecule has 2 N–H and O–H groups in total. The van der Waals surface area contributed by atoms with Crippen molar-refractivity contribution in [1.82, 2.24) is 4.90 Å². The van der Waals surface area contributed by atoms with Crippen LogP contribution in [0.2, 0.25) is 0 Å². The van der Waals surface area contributed by atoms with E-state index in [1.165, 1.54) is 0 Å². The van der Waals surface area contributed by atoms with Gasteiger partial charge in [-0.3, -0.25) is 9.69 Å². The fourth-order valence-electron chi connectivity index (χ4n) is 2.90. The SMILES string of the molecule is CCOC(=O)CC1CCC(N(CCO)CCO)CC1. The van der Waals surface area contributed by atoms with Crippen molar-refractivity contribution in [3.8, 4) is 0 Å². The zero-order valence-electron chi connectivity index (χ0n) is 11.9. The monoisotopic (exact) mass is 273 g/mol. The normalized spacial score (nSPS) is 23.6. The third kappa shape index (κ3) is 5.89. The molecule has 0 aromatic carbocycles. The van der Waals surface area contributed by atoms with E-state index in [9.17, 15) is 4.79 Å². The Morgan fingerprint density at radius 3 is 2.21 bits per heavy atom. The number of aliphatic hydroxyl groups excluding tert-OH is 2. The van der Waals surface area contributed by atoms with Gasteiger partial charge >= 0.3 is 5.97 Å². The van der Waals surface area contributed by atoms with Gasteiger partial charge in [-0.2, -0.15) is 0 Å². The average molecular weight is 273 g/mol. The first-order chi connectivity index (χ1) is 9.21. The van der Waals surface area contributed by atoms with Gasteiger partial charge in [0.15, 0.2) is 0 Å². The van der Waals surface area contributed by atoms with Crippen LogP contribution in [0.3, 0.4) is 0 Å². The molecule has 0 aliphatic heterocycles. The third-order valence-corrected chi connectivity index (χ3v) is 3.87. The number of aliphatic hydroxyl groups is 2. The van der Waals surface area contributed by atoms with Crippen molar-refractivity contribution in [2.75, 3.05) is 32.9 Å². The Kier molecular flexibility index (Phi) is 8.02. The molecule has 0 bridgehead atoms. The molecule has 1 fully saturated rings. The van der Waals surface area contributed by atoms with Gasteiger partial charge in [0.25, 0.3) is 0 Å². The Bertz CT molecular complexity index is 246. The second-order valence-corrected chi connectivity index (χ2v) is 5.17. The second kappa shape index (κ2) is 9.28. The lowest BCUT2D eigenvalue weighted by atomic mass is 9.83. The number of ether oxygens (including phenoxy) is 1. The van der Waals surface area contributed by atoms with Crippen molar-refractivity contribution >= 4 is 5.97 Å². The van der Waals surface area contributed by atoms with Crippen LogP contribution < -0.4 is 0 Å². The summed E-state index contributed by atoms with van der Waals surface area (Å²) in [5.41, 5.74) is 0. The van der Waals surface area contributed by atoms with Crippen LogP contribution in [0.4, 0.5) is 0 Å². The van der Waals surface area contributed by atoms with Crippen molar-refractivity contribution in [2.24, 2.45) is 5.92 Å². The lowest BCUT2D eigenvalue weighted by molar-refractivity contribution is -0.144. The molecule has 1 aliphatic carbocycles. The number of hydrogen-bond donors (Lipinski definition) is 2. The molecule has 5 nitrogen and oxygen atoms in total. The minimum Gasteiger partial charge on any atom is -0.466 e. The summed E-state index contributed by atoms with van der Waals surface area (Å²) < 4.78 is 4.98. The van der Waals surface area contributed by atoms with Crippen LogP contribution in [-0.2, 0) is 9.53 Å². The molecule has 0 unspecified atom stereocenters. The van der Waals surface area contributed by atoms with Crippen LogP contribution in [0.15, 0.2) is 0 Å². The standard InChI is InChI=1S/C14H27NO4/c1-2-19-14(18)11-12-3-5-13(6-4-12)15(7-9-16)8-10-17/h12-13,16-17H,2-11H2,1H3. The molecule has 0 spiro atoms. The highest BCUT2D eigenvalue weighted by atomic mass is 16.5. The molecular formula is C14H27NO4. The maximum atomic E-state index is 11.4. The lowest BCUT2D eigenvalue weighted by Crippen LogP contribution is -2.41. The van der Waals surface area contributed by atoms with Gasteiger partial charge in [0.05, 0.1) is 19.8 Å². The van der Waals surface area contributed by atoms with Gasteiger partial charge in [0.1, 0.15) is 0 Å². The number of nitrogens with zero attached hydrogens (tertiary/aromatic N) is 1. The van der Waals surface area contributed by atoms with Crippen LogP contribution in [-0.4, -0.2) is 60.0 Å². The van der Waals surface area contributed by atoms with Gasteiger partial charge < -0.3 is 14.9 Å². The lowest BCUT2D eigenvalue weighted by Gasteiger charge is -2.36. The molecule has 112 valence electrons. The topological polar surface area (TPSA) is 70.0 Å². The summed E-state index contributed by atoms with van der Waals surface area (Å²) in [6.45, 7) is 3.78. The summed E-state index contributed by atoms with van der Waals surface area (Å²) in [6.07, 6.45) is 4.64. The van der Waals surface area contributed by atoms with E-state index in [1.807, 2.05) is 6.92 Å². The number of carbonyl (C=O) groups excluding carboxylic acids is 1. The fourth-order valence-corrected chi connectivity index (χ4v) is 2.90. The van der Waals surface area contributed by atoms with Crippen LogP contribution in [0.5, 0.6) is 0 Å². The Labute approximate surface area is 115 Å². The van der Waals surface area contributed by atoms with Crippen molar-refractivity contribution in [2.45, 2.75) is 45.1 Å². The van der Waals surface area contributed by atoms with Gasteiger partial charge in [-0.15, -0.1) is 0 Å². The summed E-state index contributed by atoms with van der Waals surface area (Å²) in [6, 6.07) is 0.428. The summed E-state index contributed by atoms with van der Waals surface area (Å²) in [5.74, 6) is 0.342. The minimum absolute atomic E-state index is 0.0893. The van der Waals surface area contributed by atoms with E-state index in [-0.39, 0.29) is 19.2 Å². The summed E-state index contributed by atoms with van der Waals surface area (Å²) in [7, 11) is 0. The van der Waals surface area contributed by atoms with Crippen LogP contribution in [0.1, 0.15) is 39.0 Å². The fraction of sp³-hybridized carbons (Fsp3) is 0.929. The number of carbonyl (C=O) groups is 1. The van der Waals surface area contributed by atoms with Crippen molar-refractivity contribution < 1.29 is 19.7 Å². The number of rotatable bonds is 8. The zero-order chi connectivity index (χ0) is 14.1. The summed E-state index contributed by atoms with van der Waals surface area (Å²) in [4.78, 5) is 13.6. The van der Waals surface area contributed by atoms with E-state index in [0.29, 0.717) is 38.1 Å². The number of hydrogen-bond acceptors (Lipinski definition) is 5. The van der Waals surface area contributed by atoms with Crippen molar-refractivity contribution in [3.63, 3.8) is 0 Å². The molecule has 0 aromatic rings. The van der Waals surface area contributed by atoms with E-state index in [0.717, 1.165) is 25.7 Å². The maximum Gasteiger partial charge on any atom is 0.306 e. The summed E-state index contributed by atoms with van der Waals surface area (Å²) >= 11 is 0. The van der Waals surface area contributed by atoms with Gasteiger partial charge in [-0.1, -0.05) is 0 Å². The van der Waals surface area contributed by atoms with Gasteiger partial charge in [-0.25, -0.2) is 0 Å². The predicted octanol–water partition coefficient (Wildman–Crippen LogP) is 0.785. The molecule has 0 saturated heterocycles. The zero-order valence-corrected chi connectivity index (χ0v) is 11.9. The first-order valence-corrected chi connectivity index (χ1v) is 7.32. The second-order valence-electron chi connectivity index (χ2n) is 5.17. The Morgan fingerprint density at radius 1 is 1.16 bits per heavy atom. The molecule has 19 heavy (non-hydrogen) atoms. The van der Waals surface area contributed by atoms with Crippen LogP contribution in [0, 0.1) is 5.92 Å². The highest BCUT2D eigenvalue weighted by Crippen LogP contribution is 2.29. The van der Waals surface area contributed by atoms with Gasteiger partial charge in [0.2, 0.25) is 0 Å². The van der Waals surface area contributed by atoms with E-state index >= 15 is 0 Å². The van der Waals surface area contributed by atoms with E-state index < -0.39 is 0 Å². The smallest absolute Gasteiger partial charge is 0.306 e. The predicted molar refractivity (Wildman–Crippen MR) is 72.7 cm³/mol. The van der Waals surface area contributed by atoms with Crippen LogP contribution >= 0.6 is 0 Å². The molecule has 1 rings (SSSR count). The molecular weight excluding hydrogens is 246 g/mol. The van der Waals surface area contributed by atoms with E-state index in [4.69, 9.17) is 14.9 Å². The van der Waals surface area contributed by atoms with Crippen molar-refractivity contribution in [3.05, 3.63) is 0 Å². The third-order valence-electron chi connectivity index (χ3n) is 3.87. The largest absolute Gasteiger partial charge is 0.466 e. The molecule has 1 aliphatic rings. The molecule has 0 heterocycles. The molecule has 1 saturated carbocycles. The van der Waals surface area contributed by atoms with Gasteiger partial charge in [-0.05, 0) is 38.5 Å².